The van der Waals surface area contributed by atoms with Gasteiger partial charge in [-0.2, -0.15) is 0 Å². The highest BCUT2D eigenvalue weighted by molar-refractivity contribution is 6.31. The number of anilines is 2. The molecule has 2 aromatic rings. The molecule has 1 amide bonds. The average Bonchev–Trinajstić information content (AvgIpc) is 2.63. The molecule has 26 heavy (non-hydrogen) atoms. The molecule has 0 atom stereocenters. The molecule has 0 aliphatic rings. The van der Waals surface area contributed by atoms with Crippen LogP contribution in [0.15, 0.2) is 30.3 Å². The van der Waals surface area contributed by atoms with E-state index in [2.05, 4.69) is 5.32 Å². The van der Waals surface area contributed by atoms with Crippen molar-refractivity contribution in [1.82, 2.24) is 0 Å². The minimum Gasteiger partial charge on any atom is -0.495 e. The first-order chi connectivity index (χ1) is 12.4. The molecular weight excluding hydrogens is 356 g/mol. The molecule has 0 spiro atoms. The Labute approximate surface area is 158 Å². The Kier molecular flexibility index (Phi) is 6.58. The van der Waals surface area contributed by atoms with Gasteiger partial charge in [0.2, 0.25) is 5.91 Å². The summed E-state index contributed by atoms with van der Waals surface area (Å²) in [5.74, 6) is 1.58. The Bertz CT molecular complexity index is 795. The summed E-state index contributed by atoms with van der Waals surface area (Å²) in [6, 6.07) is 8.95. The fourth-order valence-corrected chi connectivity index (χ4v) is 2.64. The van der Waals surface area contributed by atoms with E-state index in [4.69, 9.17) is 25.8 Å². The maximum Gasteiger partial charge on any atom is 0.243 e. The van der Waals surface area contributed by atoms with Crippen LogP contribution in [0.4, 0.5) is 11.4 Å². The zero-order valence-corrected chi connectivity index (χ0v) is 16.3. The van der Waals surface area contributed by atoms with Crippen molar-refractivity contribution in [2.45, 2.75) is 6.92 Å². The first kappa shape index (κ1) is 19.7. The summed E-state index contributed by atoms with van der Waals surface area (Å²) in [4.78, 5) is 14.3. The standard InChI is InChI=1S/C19H23ClN2O4/c1-12-8-15(17(25-4)10-14(12)20)21-19(23)11-22(2)13-6-7-16(24-3)18(9-13)26-5/h6-10H,11H2,1-5H3,(H,21,23). The van der Waals surface area contributed by atoms with E-state index in [0.29, 0.717) is 28.0 Å². The van der Waals surface area contributed by atoms with E-state index in [-0.39, 0.29) is 12.5 Å². The van der Waals surface area contributed by atoms with Crippen LogP contribution in [0, 0.1) is 6.92 Å². The molecule has 0 fully saturated rings. The van der Waals surface area contributed by atoms with Gasteiger partial charge in [-0.1, -0.05) is 11.6 Å². The van der Waals surface area contributed by atoms with Crippen LogP contribution >= 0.6 is 11.6 Å². The Morgan fingerprint density at radius 1 is 1.04 bits per heavy atom. The van der Waals surface area contributed by atoms with Crippen LogP contribution in [0.5, 0.6) is 17.2 Å². The molecule has 0 unspecified atom stereocenters. The van der Waals surface area contributed by atoms with Gasteiger partial charge < -0.3 is 24.4 Å². The lowest BCUT2D eigenvalue weighted by atomic mass is 10.2. The Morgan fingerprint density at radius 3 is 2.31 bits per heavy atom. The lowest BCUT2D eigenvalue weighted by molar-refractivity contribution is -0.114. The molecule has 6 nitrogen and oxygen atoms in total. The number of benzene rings is 2. The number of nitrogens with zero attached hydrogens (tertiary/aromatic N) is 1. The van der Waals surface area contributed by atoms with E-state index < -0.39 is 0 Å². The second-order valence-electron chi connectivity index (χ2n) is 5.75. The lowest BCUT2D eigenvalue weighted by Crippen LogP contribution is -2.30. The normalized spacial score (nSPS) is 10.2. The third-order valence-corrected chi connectivity index (χ3v) is 4.35. The number of amides is 1. The smallest absolute Gasteiger partial charge is 0.243 e. The van der Waals surface area contributed by atoms with Gasteiger partial charge in [0.05, 0.1) is 33.6 Å². The Morgan fingerprint density at radius 2 is 1.69 bits per heavy atom. The van der Waals surface area contributed by atoms with Crippen LogP contribution in [0.1, 0.15) is 5.56 Å². The number of hydrogen-bond donors (Lipinski definition) is 1. The van der Waals surface area contributed by atoms with Crippen molar-refractivity contribution >= 4 is 28.9 Å². The third-order valence-electron chi connectivity index (χ3n) is 3.94. The molecule has 0 aliphatic carbocycles. The van der Waals surface area contributed by atoms with Crippen LogP contribution in [-0.2, 0) is 4.79 Å². The number of likely N-dealkylation sites (N-methyl/N-ethyl adjacent to an activating group) is 1. The van der Waals surface area contributed by atoms with Gasteiger partial charge in [-0.3, -0.25) is 4.79 Å². The number of halogens is 1. The number of rotatable bonds is 7. The van der Waals surface area contributed by atoms with Gasteiger partial charge in [-0.15, -0.1) is 0 Å². The molecule has 140 valence electrons. The largest absolute Gasteiger partial charge is 0.495 e. The summed E-state index contributed by atoms with van der Waals surface area (Å²) in [5.41, 5.74) is 2.27. The van der Waals surface area contributed by atoms with Crippen molar-refractivity contribution in [2.24, 2.45) is 0 Å². The van der Waals surface area contributed by atoms with Gasteiger partial charge >= 0.3 is 0 Å². The number of aryl methyl sites for hydroxylation is 1. The van der Waals surface area contributed by atoms with Gasteiger partial charge in [-0.25, -0.2) is 0 Å². The summed E-state index contributed by atoms with van der Waals surface area (Å²) in [6.07, 6.45) is 0. The molecule has 0 saturated carbocycles. The number of hydrogen-bond acceptors (Lipinski definition) is 5. The van der Waals surface area contributed by atoms with E-state index in [1.54, 1.807) is 32.4 Å². The molecule has 1 N–H and O–H groups in total. The second kappa shape index (κ2) is 8.67. The molecule has 2 aromatic carbocycles. The van der Waals surface area contributed by atoms with Crippen LogP contribution in [0.3, 0.4) is 0 Å². The Hall–Kier alpha value is -2.60. The molecule has 7 heteroatoms. The zero-order valence-electron chi connectivity index (χ0n) is 15.6. The van der Waals surface area contributed by atoms with Crippen molar-refractivity contribution in [2.75, 3.05) is 45.1 Å². The van der Waals surface area contributed by atoms with Gasteiger partial charge in [0.15, 0.2) is 11.5 Å². The van der Waals surface area contributed by atoms with E-state index >= 15 is 0 Å². The highest BCUT2D eigenvalue weighted by atomic mass is 35.5. The summed E-state index contributed by atoms with van der Waals surface area (Å²) in [7, 11) is 6.51. The number of carbonyl (C=O) groups is 1. The minimum absolute atomic E-state index is 0.153. The summed E-state index contributed by atoms with van der Waals surface area (Å²) >= 11 is 6.10. The van der Waals surface area contributed by atoms with Crippen molar-refractivity contribution in [3.05, 3.63) is 40.9 Å². The molecule has 0 radical (unpaired) electrons. The maximum absolute atomic E-state index is 12.4. The molecule has 0 aliphatic heterocycles. The van der Waals surface area contributed by atoms with Gasteiger partial charge in [0.25, 0.3) is 0 Å². The maximum atomic E-state index is 12.4. The predicted octanol–water partition coefficient (Wildman–Crippen LogP) is 3.75. The SMILES string of the molecule is COc1cc(Cl)c(C)cc1NC(=O)CN(C)c1ccc(OC)c(OC)c1. The molecule has 0 heterocycles. The third kappa shape index (κ3) is 4.52. The highest BCUT2D eigenvalue weighted by Crippen LogP contribution is 2.32. The summed E-state index contributed by atoms with van der Waals surface area (Å²) < 4.78 is 15.8. The Balaban J connectivity index is 2.11. The topological polar surface area (TPSA) is 60.0 Å². The van der Waals surface area contributed by atoms with Crippen LogP contribution < -0.4 is 24.4 Å². The summed E-state index contributed by atoms with van der Waals surface area (Å²) in [6.45, 7) is 2.02. The molecule has 0 aromatic heterocycles. The van der Waals surface area contributed by atoms with Crippen molar-refractivity contribution < 1.29 is 19.0 Å². The average molecular weight is 379 g/mol. The number of ether oxygens (including phenoxy) is 3. The molecule has 2 rings (SSSR count). The first-order valence-corrected chi connectivity index (χ1v) is 8.34. The molecule has 0 bridgehead atoms. The van der Waals surface area contributed by atoms with E-state index in [1.165, 1.54) is 7.11 Å². The fraction of sp³-hybridized carbons (Fsp3) is 0.316. The van der Waals surface area contributed by atoms with Gasteiger partial charge in [0, 0.05) is 29.9 Å². The van der Waals surface area contributed by atoms with Crippen LogP contribution in [-0.4, -0.2) is 40.8 Å². The second-order valence-corrected chi connectivity index (χ2v) is 6.15. The van der Waals surface area contributed by atoms with Gasteiger partial charge in [0.1, 0.15) is 5.75 Å². The lowest BCUT2D eigenvalue weighted by Gasteiger charge is -2.21. The van der Waals surface area contributed by atoms with E-state index in [1.807, 2.05) is 31.0 Å². The van der Waals surface area contributed by atoms with Crippen molar-refractivity contribution in [1.29, 1.82) is 0 Å². The monoisotopic (exact) mass is 378 g/mol. The van der Waals surface area contributed by atoms with Crippen LogP contribution in [0.2, 0.25) is 5.02 Å². The fourth-order valence-electron chi connectivity index (χ4n) is 2.49. The zero-order chi connectivity index (χ0) is 19.3. The minimum atomic E-state index is -0.178. The molecule has 0 saturated heterocycles. The van der Waals surface area contributed by atoms with Gasteiger partial charge in [-0.05, 0) is 30.7 Å². The van der Waals surface area contributed by atoms with E-state index in [0.717, 1.165) is 11.3 Å². The quantitative estimate of drug-likeness (QED) is 0.795. The summed E-state index contributed by atoms with van der Waals surface area (Å²) in [5, 5.41) is 3.45. The predicted molar refractivity (Wildman–Crippen MR) is 104 cm³/mol. The number of nitrogens with one attached hydrogen (secondary N) is 1. The molecular formula is C19H23ClN2O4. The first-order valence-electron chi connectivity index (χ1n) is 7.96. The van der Waals surface area contributed by atoms with Crippen molar-refractivity contribution in [3.8, 4) is 17.2 Å². The van der Waals surface area contributed by atoms with Crippen molar-refractivity contribution in [3.63, 3.8) is 0 Å². The highest BCUT2D eigenvalue weighted by Gasteiger charge is 2.14. The number of methoxy groups -OCH3 is 3. The van der Waals surface area contributed by atoms with E-state index in [9.17, 15) is 4.79 Å². The number of carbonyl (C=O) groups excluding carboxylic acids is 1. The van der Waals surface area contributed by atoms with Crippen LogP contribution in [0.25, 0.3) is 0 Å².